The van der Waals surface area contributed by atoms with E-state index < -0.39 is 0 Å². The van der Waals surface area contributed by atoms with Gasteiger partial charge in [0.25, 0.3) is 0 Å². The first kappa shape index (κ1) is 14.2. The lowest BCUT2D eigenvalue weighted by molar-refractivity contribution is -0.114. The number of hydrogen-bond acceptors (Lipinski definition) is 5. The lowest BCUT2D eigenvalue weighted by Gasteiger charge is -2.20. The third-order valence-electron chi connectivity index (χ3n) is 3.46. The number of rotatable bonds is 3. The van der Waals surface area contributed by atoms with E-state index in [0.717, 1.165) is 23.4 Å². The summed E-state index contributed by atoms with van der Waals surface area (Å²) in [6.45, 7) is 4.20. The van der Waals surface area contributed by atoms with E-state index in [9.17, 15) is 9.59 Å². The fraction of sp³-hybridized carbons (Fsp3) is 0.333. The molecule has 1 N–H and O–H groups in total. The lowest BCUT2D eigenvalue weighted by atomic mass is 10.1. The third-order valence-corrected chi connectivity index (χ3v) is 3.46. The van der Waals surface area contributed by atoms with Gasteiger partial charge >= 0.3 is 5.97 Å². The van der Waals surface area contributed by atoms with E-state index in [1.807, 2.05) is 10.6 Å². The molecule has 3 heterocycles. The summed E-state index contributed by atoms with van der Waals surface area (Å²) < 4.78 is 6.96. The Balaban J connectivity index is 2.02. The van der Waals surface area contributed by atoms with Gasteiger partial charge < -0.3 is 9.30 Å². The van der Waals surface area contributed by atoms with Gasteiger partial charge in [-0.2, -0.15) is 0 Å². The number of carbonyl (C=O) groups excluding carboxylic acids is 2. The normalized spacial score (nSPS) is 12.3. The van der Waals surface area contributed by atoms with Crippen LogP contribution < -0.4 is 5.32 Å². The number of anilines is 1. The van der Waals surface area contributed by atoms with E-state index in [0.29, 0.717) is 18.8 Å². The first-order valence-electron chi connectivity index (χ1n) is 7.10. The standard InChI is InChI=1S/C15H16N4O3/c1-3-22-14(21)12-5-4-11-13-10(6-7-19(11)12)8-16-15(18-13)17-9(2)20/h4-5,8H,3,6-7H2,1-2H3,(H,16,17,18,20). The second kappa shape index (κ2) is 5.59. The average Bonchev–Trinajstić information content (AvgIpc) is 2.91. The fourth-order valence-corrected chi connectivity index (χ4v) is 2.56. The van der Waals surface area contributed by atoms with Crippen molar-refractivity contribution >= 4 is 17.8 Å². The van der Waals surface area contributed by atoms with Gasteiger partial charge in [0.1, 0.15) is 5.69 Å². The van der Waals surface area contributed by atoms with Crippen LogP contribution in [0.25, 0.3) is 11.4 Å². The number of aryl methyl sites for hydroxylation is 1. The van der Waals surface area contributed by atoms with Crippen LogP contribution in [0.2, 0.25) is 0 Å². The molecule has 1 amide bonds. The second-order valence-electron chi connectivity index (χ2n) is 4.97. The number of carbonyl (C=O) groups is 2. The van der Waals surface area contributed by atoms with Crippen LogP contribution in [-0.2, 0) is 22.5 Å². The van der Waals surface area contributed by atoms with Crippen LogP contribution in [0.5, 0.6) is 0 Å². The summed E-state index contributed by atoms with van der Waals surface area (Å²) in [6.07, 6.45) is 2.44. The number of amides is 1. The monoisotopic (exact) mass is 300 g/mol. The molecular weight excluding hydrogens is 284 g/mol. The highest BCUT2D eigenvalue weighted by Crippen LogP contribution is 2.30. The van der Waals surface area contributed by atoms with Crippen LogP contribution >= 0.6 is 0 Å². The molecule has 0 aliphatic carbocycles. The number of nitrogens with zero attached hydrogens (tertiary/aromatic N) is 3. The minimum absolute atomic E-state index is 0.224. The Morgan fingerprint density at radius 1 is 1.41 bits per heavy atom. The van der Waals surface area contributed by atoms with Crippen LogP contribution in [0.4, 0.5) is 5.95 Å². The fourth-order valence-electron chi connectivity index (χ4n) is 2.56. The maximum atomic E-state index is 12.0. The number of aromatic nitrogens is 3. The molecular formula is C15H16N4O3. The SMILES string of the molecule is CCOC(=O)c1ccc2n1CCc1cnc(NC(C)=O)nc1-2. The molecule has 7 heteroatoms. The zero-order valence-corrected chi connectivity index (χ0v) is 12.4. The highest BCUT2D eigenvalue weighted by molar-refractivity contribution is 5.90. The molecule has 2 aromatic rings. The van der Waals surface area contributed by atoms with E-state index in [2.05, 4.69) is 15.3 Å². The molecule has 114 valence electrons. The van der Waals surface area contributed by atoms with Gasteiger partial charge in [-0.15, -0.1) is 0 Å². The van der Waals surface area contributed by atoms with Gasteiger partial charge in [0.05, 0.1) is 18.0 Å². The van der Waals surface area contributed by atoms with Crippen molar-refractivity contribution < 1.29 is 14.3 Å². The minimum Gasteiger partial charge on any atom is -0.461 e. The molecule has 0 bridgehead atoms. The van der Waals surface area contributed by atoms with Gasteiger partial charge in [-0.05, 0) is 25.5 Å². The maximum absolute atomic E-state index is 12.0. The van der Waals surface area contributed by atoms with Crippen molar-refractivity contribution in [1.29, 1.82) is 0 Å². The molecule has 0 saturated carbocycles. The van der Waals surface area contributed by atoms with E-state index in [1.54, 1.807) is 19.2 Å². The Kier molecular flexibility index (Phi) is 3.62. The molecule has 0 aromatic carbocycles. The summed E-state index contributed by atoms with van der Waals surface area (Å²) in [5.74, 6) is -0.301. The molecule has 2 aromatic heterocycles. The molecule has 0 fully saturated rings. The van der Waals surface area contributed by atoms with Crippen molar-refractivity contribution in [2.24, 2.45) is 0 Å². The quantitative estimate of drug-likeness (QED) is 0.871. The first-order chi connectivity index (χ1) is 10.6. The summed E-state index contributed by atoms with van der Waals surface area (Å²) in [7, 11) is 0. The number of fused-ring (bicyclic) bond motifs is 3. The predicted molar refractivity (Wildman–Crippen MR) is 79.4 cm³/mol. The molecule has 1 aliphatic heterocycles. The van der Waals surface area contributed by atoms with Crippen molar-refractivity contribution in [3.05, 3.63) is 29.6 Å². The third kappa shape index (κ3) is 2.45. The Morgan fingerprint density at radius 2 is 2.23 bits per heavy atom. The van der Waals surface area contributed by atoms with E-state index >= 15 is 0 Å². The molecule has 0 radical (unpaired) electrons. The van der Waals surface area contributed by atoms with Crippen LogP contribution in [-0.4, -0.2) is 33.0 Å². The summed E-state index contributed by atoms with van der Waals surface area (Å²) >= 11 is 0. The minimum atomic E-state index is -0.339. The Bertz CT molecular complexity index is 751. The number of esters is 1. The molecule has 3 rings (SSSR count). The predicted octanol–water partition coefficient (Wildman–Crippen LogP) is 1.64. The summed E-state index contributed by atoms with van der Waals surface area (Å²) in [6, 6.07) is 3.58. The highest BCUT2D eigenvalue weighted by Gasteiger charge is 2.24. The summed E-state index contributed by atoms with van der Waals surface area (Å²) in [4.78, 5) is 31.6. The molecule has 0 spiro atoms. The first-order valence-corrected chi connectivity index (χ1v) is 7.10. The molecule has 0 saturated heterocycles. The van der Waals surface area contributed by atoms with Crippen molar-refractivity contribution in [3.63, 3.8) is 0 Å². The van der Waals surface area contributed by atoms with Gasteiger partial charge in [-0.3, -0.25) is 10.1 Å². The van der Waals surface area contributed by atoms with Crippen molar-refractivity contribution in [2.75, 3.05) is 11.9 Å². The molecule has 7 nitrogen and oxygen atoms in total. The number of ether oxygens (including phenoxy) is 1. The maximum Gasteiger partial charge on any atom is 0.354 e. The number of hydrogen-bond donors (Lipinski definition) is 1. The topological polar surface area (TPSA) is 86.1 Å². The summed E-state index contributed by atoms with van der Waals surface area (Å²) in [5, 5.41) is 2.57. The van der Waals surface area contributed by atoms with E-state index in [4.69, 9.17) is 4.74 Å². The van der Waals surface area contributed by atoms with Gasteiger partial charge in [-0.25, -0.2) is 14.8 Å². The molecule has 22 heavy (non-hydrogen) atoms. The molecule has 1 aliphatic rings. The van der Waals surface area contributed by atoms with Crippen molar-refractivity contribution in [2.45, 2.75) is 26.8 Å². The van der Waals surface area contributed by atoms with E-state index in [1.165, 1.54) is 6.92 Å². The van der Waals surface area contributed by atoms with Crippen molar-refractivity contribution in [3.8, 4) is 11.4 Å². The lowest BCUT2D eigenvalue weighted by Crippen LogP contribution is -2.19. The summed E-state index contributed by atoms with van der Waals surface area (Å²) in [5.41, 5.74) is 3.08. The van der Waals surface area contributed by atoms with Crippen LogP contribution in [0.15, 0.2) is 18.3 Å². The van der Waals surface area contributed by atoms with Crippen molar-refractivity contribution in [1.82, 2.24) is 14.5 Å². The zero-order chi connectivity index (χ0) is 15.7. The van der Waals surface area contributed by atoms with E-state index in [-0.39, 0.29) is 17.8 Å². The smallest absolute Gasteiger partial charge is 0.354 e. The van der Waals surface area contributed by atoms with Crippen LogP contribution in [0.1, 0.15) is 29.9 Å². The zero-order valence-electron chi connectivity index (χ0n) is 12.4. The molecule has 0 unspecified atom stereocenters. The Morgan fingerprint density at radius 3 is 2.95 bits per heavy atom. The van der Waals surface area contributed by atoms with Crippen LogP contribution in [0, 0.1) is 0 Å². The van der Waals surface area contributed by atoms with Gasteiger partial charge in [0, 0.05) is 25.2 Å². The number of nitrogens with one attached hydrogen (secondary N) is 1. The van der Waals surface area contributed by atoms with Crippen LogP contribution in [0.3, 0.4) is 0 Å². The van der Waals surface area contributed by atoms with Gasteiger partial charge in [0.2, 0.25) is 11.9 Å². The largest absolute Gasteiger partial charge is 0.461 e. The highest BCUT2D eigenvalue weighted by atomic mass is 16.5. The Hall–Kier alpha value is -2.70. The van der Waals surface area contributed by atoms with Gasteiger partial charge in [0.15, 0.2) is 0 Å². The Labute approximate surface area is 127 Å². The van der Waals surface area contributed by atoms with Gasteiger partial charge in [-0.1, -0.05) is 0 Å². The average molecular weight is 300 g/mol. The molecule has 0 atom stereocenters. The second-order valence-corrected chi connectivity index (χ2v) is 4.97.